The van der Waals surface area contributed by atoms with Crippen LogP contribution in [-0.2, 0) is 15.8 Å². The van der Waals surface area contributed by atoms with Crippen molar-refractivity contribution in [3.63, 3.8) is 0 Å². The predicted molar refractivity (Wildman–Crippen MR) is 76.2 cm³/mol. The van der Waals surface area contributed by atoms with Crippen molar-refractivity contribution in [2.75, 3.05) is 25.0 Å². The number of carbonyl (C=O) groups is 2. The van der Waals surface area contributed by atoms with Crippen molar-refractivity contribution in [3.8, 4) is 5.75 Å². The molecule has 0 aliphatic carbocycles. The van der Waals surface area contributed by atoms with E-state index in [1.807, 2.05) is 0 Å². The number of hydrogen-bond donors (Lipinski definition) is 2. The number of halogens is 6. The Kier molecular flexibility index (Phi) is 5.23. The first-order valence-electron chi connectivity index (χ1n) is 7.13. The van der Waals surface area contributed by atoms with E-state index in [4.69, 9.17) is 10.5 Å². The van der Waals surface area contributed by atoms with E-state index in [1.165, 1.54) is 0 Å². The molecular formula is C14H13F6N3O3. The normalized spacial score (nSPS) is 16.9. The highest BCUT2D eigenvalue weighted by molar-refractivity contribution is 5.87. The molecule has 3 N–H and O–H groups in total. The topological polar surface area (TPSA) is 84.7 Å². The average Bonchev–Trinajstić information content (AvgIpc) is 2.50. The number of nitrogens with two attached hydrogens (primary N) is 1. The molecule has 0 aromatic heterocycles. The van der Waals surface area contributed by atoms with Crippen molar-refractivity contribution in [2.45, 2.75) is 18.4 Å². The third-order valence-electron chi connectivity index (χ3n) is 3.42. The van der Waals surface area contributed by atoms with Crippen molar-refractivity contribution < 1.29 is 40.7 Å². The molecule has 1 heterocycles. The summed E-state index contributed by atoms with van der Waals surface area (Å²) in [7, 11) is 0. The van der Waals surface area contributed by atoms with Crippen LogP contribution in [0.15, 0.2) is 18.2 Å². The Labute approximate surface area is 142 Å². The smallest absolute Gasteiger partial charge is 0.471 e. The van der Waals surface area contributed by atoms with Crippen molar-refractivity contribution in [3.05, 3.63) is 23.8 Å². The Morgan fingerprint density at radius 2 is 1.88 bits per heavy atom. The van der Waals surface area contributed by atoms with Crippen LogP contribution in [0, 0.1) is 0 Å². The van der Waals surface area contributed by atoms with Crippen molar-refractivity contribution >= 4 is 17.5 Å². The maximum atomic E-state index is 12.7. The van der Waals surface area contributed by atoms with Crippen LogP contribution in [0.5, 0.6) is 5.75 Å². The Morgan fingerprint density at radius 1 is 1.23 bits per heavy atom. The molecule has 1 unspecified atom stereocenters. The van der Waals surface area contributed by atoms with E-state index in [1.54, 1.807) is 0 Å². The fourth-order valence-electron chi connectivity index (χ4n) is 2.35. The zero-order valence-corrected chi connectivity index (χ0v) is 12.9. The van der Waals surface area contributed by atoms with E-state index >= 15 is 0 Å². The van der Waals surface area contributed by atoms with E-state index in [-0.39, 0.29) is 22.9 Å². The Bertz CT molecular complexity index is 704. The zero-order valence-electron chi connectivity index (χ0n) is 12.9. The average molecular weight is 385 g/mol. The van der Waals surface area contributed by atoms with Gasteiger partial charge in [-0.2, -0.15) is 26.3 Å². The fourth-order valence-corrected chi connectivity index (χ4v) is 2.35. The second kappa shape index (κ2) is 6.92. The van der Waals surface area contributed by atoms with Gasteiger partial charge >= 0.3 is 18.3 Å². The van der Waals surface area contributed by atoms with Crippen LogP contribution < -0.4 is 15.8 Å². The molecule has 1 aliphatic heterocycles. The number of alkyl halides is 6. The van der Waals surface area contributed by atoms with Crippen LogP contribution >= 0.6 is 0 Å². The lowest BCUT2D eigenvalue weighted by Gasteiger charge is -2.32. The van der Waals surface area contributed by atoms with Crippen LogP contribution in [0.1, 0.15) is 5.56 Å². The Balaban J connectivity index is 2.17. The first-order valence-corrected chi connectivity index (χ1v) is 7.13. The molecular weight excluding hydrogens is 372 g/mol. The van der Waals surface area contributed by atoms with Crippen LogP contribution in [-0.4, -0.2) is 48.6 Å². The van der Waals surface area contributed by atoms with Crippen LogP contribution in [0.25, 0.3) is 0 Å². The first kappa shape index (κ1) is 19.7. The number of carbonyl (C=O) groups excluding carboxylic acids is 2. The van der Waals surface area contributed by atoms with E-state index in [9.17, 15) is 35.9 Å². The predicted octanol–water partition coefficient (Wildman–Crippen LogP) is 1.75. The van der Waals surface area contributed by atoms with Crippen molar-refractivity contribution in [1.82, 2.24) is 4.90 Å². The van der Waals surface area contributed by atoms with Gasteiger partial charge in [-0.25, -0.2) is 0 Å². The van der Waals surface area contributed by atoms with Gasteiger partial charge in [0.2, 0.25) is 5.91 Å². The highest BCUT2D eigenvalue weighted by Crippen LogP contribution is 2.36. The lowest BCUT2D eigenvalue weighted by atomic mass is 10.1. The number of fused-ring (bicyclic) bond motifs is 1. The molecule has 0 saturated heterocycles. The number of nitrogens with one attached hydrogen (secondary N) is 1. The maximum absolute atomic E-state index is 12.7. The zero-order chi connectivity index (χ0) is 19.7. The summed E-state index contributed by atoms with van der Waals surface area (Å²) in [5, 5.41) is 2.58. The molecule has 0 saturated carbocycles. The molecule has 0 bridgehead atoms. The van der Waals surface area contributed by atoms with Crippen LogP contribution in [0.2, 0.25) is 0 Å². The lowest BCUT2D eigenvalue weighted by Crippen LogP contribution is -2.51. The second-order valence-corrected chi connectivity index (χ2v) is 5.51. The van der Waals surface area contributed by atoms with Gasteiger partial charge in [-0.15, -0.1) is 0 Å². The third kappa shape index (κ3) is 4.70. The number of hydrogen-bond acceptors (Lipinski definition) is 4. The number of primary amides is 1. The summed E-state index contributed by atoms with van der Waals surface area (Å²) < 4.78 is 81.3. The Morgan fingerprint density at radius 3 is 2.42 bits per heavy atom. The highest BCUT2D eigenvalue weighted by atomic mass is 19.4. The number of anilines is 1. The van der Waals surface area contributed by atoms with Crippen molar-refractivity contribution in [1.29, 1.82) is 0 Å². The maximum Gasteiger partial charge on any atom is 0.471 e. The number of nitrogens with zero attached hydrogens (tertiary/aromatic N) is 1. The second-order valence-electron chi connectivity index (χ2n) is 5.51. The molecule has 1 aromatic rings. The number of amides is 2. The van der Waals surface area contributed by atoms with Gasteiger partial charge in [-0.1, -0.05) is 0 Å². The molecule has 6 nitrogen and oxygen atoms in total. The lowest BCUT2D eigenvalue weighted by molar-refractivity contribution is -0.186. The Hall–Kier alpha value is -2.66. The number of benzene rings is 1. The molecule has 26 heavy (non-hydrogen) atoms. The molecule has 0 fully saturated rings. The number of rotatable bonds is 4. The molecule has 1 aromatic carbocycles. The summed E-state index contributed by atoms with van der Waals surface area (Å²) in [5.74, 6) is -3.37. The summed E-state index contributed by atoms with van der Waals surface area (Å²) in [6.07, 6.45) is -9.85. The standard InChI is InChI=1S/C14H13F6N3O3/c15-13(16,17)7-1-2-10-9(3-7)22-8(6-26-10)4-23(5-11(21)24)12(25)14(18,19)20/h1-3,8,22H,4-6H2,(H2,21,24). The summed E-state index contributed by atoms with van der Waals surface area (Å²) >= 11 is 0. The molecule has 2 amide bonds. The monoisotopic (exact) mass is 385 g/mol. The minimum absolute atomic E-state index is 0.0813. The minimum Gasteiger partial charge on any atom is -0.489 e. The first-order chi connectivity index (χ1) is 11.9. The van der Waals surface area contributed by atoms with Crippen LogP contribution in [0.3, 0.4) is 0 Å². The van der Waals surface area contributed by atoms with E-state index in [0.29, 0.717) is 0 Å². The largest absolute Gasteiger partial charge is 0.489 e. The molecule has 0 spiro atoms. The fraction of sp³-hybridized carbons (Fsp3) is 0.429. The van der Waals surface area contributed by atoms with E-state index < -0.39 is 48.9 Å². The van der Waals surface area contributed by atoms with Gasteiger partial charge in [0.25, 0.3) is 0 Å². The van der Waals surface area contributed by atoms with E-state index in [0.717, 1.165) is 18.2 Å². The third-order valence-corrected chi connectivity index (χ3v) is 3.42. The minimum atomic E-state index is -5.23. The van der Waals surface area contributed by atoms with Gasteiger partial charge in [-0.3, -0.25) is 9.59 Å². The summed E-state index contributed by atoms with van der Waals surface area (Å²) in [5.41, 5.74) is 3.78. The van der Waals surface area contributed by atoms with Gasteiger partial charge < -0.3 is 20.7 Å². The van der Waals surface area contributed by atoms with E-state index in [2.05, 4.69) is 5.32 Å². The van der Waals surface area contributed by atoms with Gasteiger partial charge in [-0.05, 0) is 18.2 Å². The van der Waals surface area contributed by atoms with Crippen molar-refractivity contribution in [2.24, 2.45) is 5.73 Å². The van der Waals surface area contributed by atoms with Gasteiger partial charge in [0.1, 0.15) is 12.4 Å². The van der Waals surface area contributed by atoms with Gasteiger partial charge in [0.05, 0.1) is 23.8 Å². The summed E-state index contributed by atoms with van der Waals surface area (Å²) in [6, 6.07) is 1.64. The summed E-state index contributed by atoms with van der Waals surface area (Å²) in [4.78, 5) is 22.5. The quantitative estimate of drug-likeness (QED) is 0.774. The SMILES string of the molecule is NC(=O)CN(CC1COc2ccc(C(F)(F)F)cc2N1)C(=O)C(F)(F)F. The molecule has 144 valence electrons. The molecule has 1 aliphatic rings. The molecule has 0 radical (unpaired) electrons. The summed E-state index contributed by atoms with van der Waals surface area (Å²) in [6.45, 7) is -1.86. The van der Waals surface area contributed by atoms with Crippen LogP contribution in [0.4, 0.5) is 32.0 Å². The van der Waals surface area contributed by atoms with Gasteiger partial charge in [0.15, 0.2) is 0 Å². The van der Waals surface area contributed by atoms with Gasteiger partial charge in [0, 0.05) is 6.54 Å². The molecule has 1 atom stereocenters. The molecule has 2 rings (SSSR count). The molecule has 12 heteroatoms. The highest BCUT2D eigenvalue weighted by Gasteiger charge is 2.43. The number of ether oxygens (including phenoxy) is 1.